The van der Waals surface area contributed by atoms with Crippen molar-refractivity contribution in [1.29, 1.82) is 0 Å². The van der Waals surface area contributed by atoms with Crippen LogP contribution in [-0.2, 0) is 4.74 Å². The monoisotopic (exact) mass is 274 g/mol. The first-order chi connectivity index (χ1) is 7.36. The Morgan fingerprint density at radius 1 is 0.933 bits per heavy atom. The Bertz CT molecular complexity index is 179. The van der Waals surface area contributed by atoms with Gasteiger partial charge in [-0.1, -0.05) is 54.5 Å². The zero-order valence-electron chi connectivity index (χ0n) is 9.59. The molecule has 0 aromatic rings. The molecular formula is C13H23BrO. The van der Waals surface area contributed by atoms with Crippen LogP contribution in [0.1, 0.15) is 57.8 Å². The summed E-state index contributed by atoms with van der Waals surface area (Å²) in [4.78, 5) is 0.608. The van der Waals surface area contributed by atoms with E-state index in [1.165, 1.54) is 57.8 Å². The summed E-state index contributed by atoms with van der Waals surface area (Å²) in [6.07, 6.45) is 12.8. The van der Waals surface area contributed by atoms with E-state index in [9.17, 15) is 0 Å². The molecule has 0 aliphatic heterocycles. The third kappa shape index (κ3) is 4.44. The largest absolute Gasteiger partial charge is 0.377 e. The van der Waals surface area contributed by atoms with Gasteiger partial charge in [0.15, 0.2) is 0 Å². The molecule has 2 rings (SSSR count). The SMILES string of the molecule is BrC1CCCCCCC1OCCC1CC1. The van der Waals surface area contributed by atoms with Crippen LogP contribution < -0.4 is 0 Å². The van der Waals surface area contributed by atoms with Gasteiger partial charge >= 0.3 is 0 Å². The van der Waals surface area contributed by atoms with E-state index in [1.807, 2.05) is 0 Å². The fraction of sp³-hybridized carbons (Fsp3) is 1.00. The lowest BCUT2D eigenvalue weighted by molar-refractivity contribution is 0.0375. The molecule has 0 aromatic carbocycles. The molecule has 2 heteroatoms. The van der Waals surface area contributed by atoms with Crippen LogP contribution in [0.25, 0.3) is 0 Å². The van der Waals surface area contributed by atoms with Gasteiger partial charge in [0.2, 0.25) is 0 Å². The second-order valence-corrected chi connectivity index (χ2v) is 6.32. The van der Waals surface area contributed by atoms with Crippen molar-refractivity contribution < 1.29 is 4.74 Å². The maximum atomic E-state index is 6.03. The summed E-state index contributed by atoms with van der Waals surface area (Å²) in [6.45, 7) is 0.997. The Morgan fingerprint density at radius 2 is 1.67 bits per heavy atom. The summed E-state index contributed by atoms with van der Waals surface area (Å²) in [7, 11) is 0. The van der Waals surface area contributed by atoms with E-state index in [1.54, 1.807) is 0 Å². The normalized spacial score (nSPS) is 33.4. The van der Waals surface area contributed by atoms with Gasteiger partial charge in [-0.3, -0.25) is 0 Å². The van der Waals surface area contributed by atoms with E-state index in [0.717, 1.165) is 12.5 Å². The van der Waals surface area contributed by atoms with Crippen molar-refractivity contribution in [2.45, 2.75) is 68.7 Å². The first-order valence-electron chi connectivity index (χ1n) is 6.62. The minimum Gasteiger partial charge on any atom is -0.377 e. The molecular weight excluding hydrogens is 252 g/mol. The van der Waals surface area contributed by atoms with Gasteiger partial charge in [-0.15, -0.1) is 0 Å². The molecule has 15 heavy (non-hydrogen) atoms. The summed E-state index contributed by atoms with van der Waals surface area (Å²) in [5.74, 6) is 1.01. The number of hydrogen-bond acceptors (Lipinski definition) is 1. The smallest absolute Gasteiger partial charge is 0.0700 e. The highest BCUT2D eigenvalue weighted by Crippen LogP contribution is 2.33. The van der Waals surface area contributed by atoms with Gasteiger partial charge in [0.25, 0.3) is 0 Å². The van der Waals surface area contributed by atoms with Gasteiger partial charge in [0.05, 0.1) is 6.10 Å². The minimum atomic E-state index is 0.490. The molecule has 2 saturated carbocycles. The number of ether oxygens (including phenoxy) is 1. The zero-order chi connectivity index (χ0) is 10.5. The standard InChI is InChI=1S/C13H23BrO/c14-12-5-3-1-2-4-6-13(12)15-10-9-11-7-8-11/h11-13H,1-10H2. The van der Waals surface area contributed by atoms with Crippen LogP contribution in [0.2, 0.25) is 0 Å². The average Bonchev–Trinajstić information content (AvgIpc) is 3.00. The highest BCUT2D eigenvalue weighted by Gasteiger charge is 2.24. The number of halogens is 1. The molecule has 2 unspecified atom stereocenters. The van der Waals surface area contributed by atoms with Crippen molar-refractivity contribution >= 4 is 15.9 Å². The molecule has 2 atom stereocenters. The highest BCUT2D eigenvalue weighted by molar-refractivity contribution is 9.09. The van der Waals surface area contributed by atoms with E-state index < -0.39 is 0 Å². The zero-order valence-corrected chi connectivity index (χ0v) is 11.2. The van der Waals surface area contributed by atoms with Gasteiger partial charge in [0.1, 0.15) is 0 Å². The molecule has 2 aliphatic carbocycles. The van der Waals surface area contributed by atoms with Gasteiger partial charge in [0, 0.05) is 11.4 Å². The predicted octanol–water partition coefficient (Wildman–Crippen LogP) is 4.29. The van der Waals surface area contributed by atoms with Crippen molar-refractivity contribution in [2.75, 3.05) is 6.61 Å². The highest BCUT2D eigenvalue weighted by atomic mass is 79.9. The van der Waals surface area contributed by atoms with Crippen LogP contribution in [0.5, 0.6) is 0 Å². The quantitative estimate of drug-likeness (QED) is 0.695. The Hall–Kier alpha value is 0.440. The first-order valence-corrected chi connectivity index (χ1v) is 7.53. The molecule has 0 bridgehead atoms. The van der Waals surface area contributed by atoms with Gasteiger partial charge < -0.3 is 4.74 Å². The molecule has 2 fully saturated rings. The first kappa shape index (κ1) is 11.9. The van der Waals surface area contributed by atoms with Gasteiger partial charge in [-0.2, -0.15) is 0 Å². The van der Waals surface area contributed by atoms with Gasteiger partial charge in [-0.25, -0.2) is 0 Å². The average molecular weight is 275 g/mol. The molecule has 1 nitrogen and oxygen atoms in total. The van der Waals surface area contributed by atoms with E-state index in [2.05, 4.69) is 15.9 Å². The van der Waals surface area contributed by atoms with Crippen molar-refractivity contribution in [2.24, 2.45) is 5.92 Å². The fourth-order valence-corrected chi connectivity index (χ4v) is 3.13. The Morgan fingerprint density at radius 3 is 2.40 bits per heavy atom. The molecule has 0 heterocycles. The van der Waals surface area contributed by atoms with E-state index in [0.29, 0.717) is 10.9 Å². The van der Waals surface area contributed by atoms with E-state index in [4.69, 9.17) is 4.74 Å². The Kier molecular flexibility index (Phi) is 4.96. The predicted molar refractivity (Wildman–Crippen MR) is 67.5 cm³/mol. The Balaban J connectivity index is 1.65. The fourth-order valence-electron chi connectivity index (χ4n) is 2.39. The number of hydrogen-bond donors (Lipinski definition) is 0. The van der Waals surface area contributed by atoms with Crippen molar-refractivity contribution in [3.8, 4) is 0 Å². The van der Waals surface area contributed by atoms with Crippen molar-refractivity contribution in [1.82, 2.24) is 0 Å². The molecule has 0 N–H and O–H groups in total. The minimum absolute atomic E-state index is 0.490. The summed E-state index contributed by atoms with van der Waals surface area (Å²) >= 11 is 3.80. The molecule has 2 aliphatic rings. The summed E-state index contributed by atoms with van der Waals surface area (Å²) in [5, 5.41) is 0. The summed E-state index contributed by atoms with van der Waals surface area (Å²) in [5.41, 5.74) is 0. The molecule has 0 amide bonds. The summed E-state index contributed by atoms with van der Waals surface area (Å²) in [6, 6.07) is 0. The van der Waals surface area contributed by atoms with Crippen LogP contribution in [-0.4, -0.2) is 17.5 Å². The third-order valence-electron chi connectivity index (χ3n) is 3.68. The van der Waals surface area contributed by atoms with Crippen LogP contribution in [0.3, 0.4) is 0 Å². The van der Waals surface area contributed by atoms with E-state index in [-0.39, 0.29) is 0 Å². The molecule has 0 saturated heterocycles. The molecule has 88 valence electrons. The number of alkyl halides is 1. The van der Waals surface area contributed by atoms with Crippen molar-refractivity contribution in [3.05, 3.63) is 0 Å². The maximum Gasteiger partial charge on any atom is 0.0700 e. The molecule has 0 radical (unpaired) electrons. The second kappa shape index (κ2) is 6.24. The van der Waals surface area contributed by atoms with Crippen LogP contribution in [0.15, 0.2) is 0 Å². The van der Waals surface area contributed by atoms with E-state index >= 15 is 0 Å². The van der Waals surface area contributed by atoms with Crippen LogP contribution in [0, 0.1) is 5.92 Å². The Labute approximate surface area is 102 Å². The second-order valence-electron chi connectivity index (χ2n) is 5.15. The lowest BCUT2D eigenvalue weighted by Crippen LogP contribution is -2.26. The molecule has 0 aromatic heterocycles. The molecule has 0 spiro atoms. The van der Waals surface area contributed by atoms with Gasteiger partial charge in [-0.05, 0) is 25.2 Å². The van der Waals surface area contributed by atoms with Crippen LogP contribution >= 0.6 is 15.9 Å². The number of rotatable bonds is 4. The van der Waals surface area contributed by atoms with Crippen molar-refractivity contribution in [3.63, 3.8) is 0 Å². The van der Waals surface area contributed by atoms with Crippen LogP contribution in [0.4, 0.5) is 0 Å². The lowest BCUT2D eigenvalue weighted by Gasteiger charge is -2.25. The summed E-state index contributed by atoms with van der Waals surface area (Å²) < 4.78 is 6.03. The maximum absolute atomic E-state index is 6.03. The third-order valence-corrected chi connectivity index (χ3v) is 4.72. The lowest BCUT2D eigenvalue weighted by atomic mass is 9.98. The topological polar surface area (TPSA) is 9.23 Å².